The van der Waals surface area contributed by atoms with Crippen LogP contribution in [0.4, 0.5) is 0 Å². The topological polar surface area (TPSA) is 83.7 Å². The van der Waals surface area contributed by atoms with Crippen LogP contribution in [-0.4, -0.2) is 33.9 Å². The van der Waals surface area contributed by atoms with Crippen molar-refractivity contribution in [1.29, 1.82) is 0 Å². The number of benzene rings is 2. The molecule has 0 aliphatic heterocycles. The van der Waals surface area contributed by atoms with Crippen molar-refractivity contribution in [3.63, 3.8) is 0 Å². The van der Waals surface area contributed by atoms with Gasteiger partial charge in [-0.25, -0.2) is 4.99 Å². The van der Waals surface area contributed by atoms with Crippen molar-refractivity contribution in [2.45, 2.75) is 32.6 Å². The van der Waals surface area contributed by atoms with E-state index in [0.717, 1.165) is 29.0 Å². The largest absolute Gasteiger partial charge is 0.489 e. The van der Waals surface area contributed by atoms with Gasteiger partial charge < -0.3 is 20.5 Å². The Morgan fingerprint density at radius 1 is 1.13 bits per heavy atom. The number of aliphatic hydroxyl groups is 1. The number of ether oxygens (including phenoxy) is 1. The second-order valence-electron chi connectivity index (χ2n) is 7.65. The van der Waals surface area contributed by atoms with Gasteiger partial charge in [-0.1, -0.05) is 42.5 Å². The monoisotopic (exact) mass is 421 g/mol. The molecule has 0 saturated heterocycles. The molecule has 0 amide bonds. The van der Waals surface area contributed by atoms with Gasteiger partial charge >= 0.3 is 0 Å². The highest BCUT2D eigenvalue weighted by atomic mass is 16.5. The van der Waals surface area contributed by atoms with Crippen LogP contribution in [-0.2, 0) is 25.8 Å². The van der Waals surface area contributed by atoms with Gasteiger partial charge in [0.25, 0.3) is 0 Å². The van der Waals surface area contributed by atoms with Gasteiger partial charge in [0.05, 0.1) is 19.3 Å². The molecular weight excluding hydrogens is 390 g/mol. The molecule has 0 aliphatic rings. The maximum Gasteiger partial charge on any atom is 0.191 e. The predicted molar refractivity (Wildman–Crippen MR) is 123 cm³/mol. The van der Waals surface area contributed by atoms with Gasteiger partial charge in [0.2, 0.25) is 0 Å². The Kier molecular flexibility index (Phi) is 7.67. The summed E-state index contributed by atoms with van der Waals surface area (Å²) in [5.41, 5.74) is 1.86. The second-order valence-corrected chi connectivity index (χ2v) is 7.65. The lowest BCUT2D eigenvalue weighted by atomic mass is 10.00. The highest BCUT2D eigenvalue weighted by Crippen LogP contribution is 2.19. The molecule has 3 N–H and O–H groups in total. The Hall–Kier alpha value is -3.32. The average Bonchev–Trinajstić information content (AvgIpc) is 3.23. The minimum absolute atomic E-state index is 0.310. The van der Waals surface area contributed by atoms with E-state index < -0.39 is 5.60 Å². The first-order chi connectivity index (χ1) is 15.0. The molecule has 3 aromatic rings. The van der Waals surface area contributed by atoms with E-state index in [4.69, 9.17) is 4.74 Å². The van der Waals surface area contributed by atoms with E-state index in [2.05, 4.69) is 20.7 Å². The number of rotatable bonds is 9. The highest BCUT2D eigenvalue weighted by molar-refractivity contribution is 5.79. The van der Waals surface area contributed by atoms with Crippen LogP contribution < -0.4 is 15.4 Å². The minimum Gasteiger partial charge on any atom is -0.489 e. The molecule has 0 radical (unpaired) electrons. The van der Waals surface area contributed by atoms with E-state index in [1.807, 2.05) is 74.8 Å². The molecule has 0 bridgehead atoms. The summed E-state index contributed by atoms with van der Waals surface area (Å²) in [6.07, 6.45) is 3.49. The van der Waals surface area contributed by atoms with Crippen molar-refractivity contribution < 1.29 is 9.84 Å². The molecule has 0 spiro atoms. The number of aryl methyl sites for hydroxylation is 1. The molecule has 31 heavy (non-hydrogen) atoms. The summed E-state index contributed by atoms with van der Waals surface area (Å²) in [5.74, 6) is 1.45. The third-order valence-electron chi connectivity index (χ3n) is 4.84. The van der Waals surface area contributed by atoms with E-state index in [1.165, 1.54) is 0 Å². The van der Waals surface area contributed by atoms with Gasteiger partial charge in [0, 0.05) is 25.4 Å². The minimum atomic E-state index is -1.06. The van der Waals surface area contributed by atoms with Crippen LogP contribution in [0.1, 0.15) is 30.5 Å². The summed E-state index contributed by atoms with van der Waals surface area (Å²) >= 11 is 0. The van der Waals surface area contributed by atoms with Gasteiger partial charge in [0.1, 0.15) is 18.0 Å². The Balaban J connectivity index is 1.59. The third-order valence-corrected chi connectivity index (χ3v) is 4.84. The van der Waals surface area contributed by atoms with Crippen molar-refractivity contribution in [2.24, 2.45) is 12.0 Å². The van der Waals surface area contributed by atoms with E-state index in [0.29, 0.717) is 25.7 Å². The maximum absolute atomic E-state index is 10.8. The number of nitrogens with one attached hydrogen (secondary N) is 2. The zero-order chi connectivity index (χ0) is 22.1. The number of hydrogen-bond donors (Lipinski definition) is 3. The lowest BCUT2D eigenvalue weighted by Gasteiger charge is -2.23. The number of hydrogen-bond acceptors (Lipinski definition) is 4. The van der Waals surface area contributed by atoms with Gasteiger partial charge in [-0.2, -0.15) is 5.10 Å². The van der Waals surface area contributed by atoms with Gasteiger partial charge in [-0.15, -0.1) is 0 Å². The predicted octanol–water partition coefficient (Wildman–Crippen LogP) is 2.96. The number of aromatic nitrogens is 2. The van der Waals surface area contributed by atoms with Crippen LogP contribution in [0.3, 0.4) is 0 Å². The summed E-state index contributed by atoms with van der Waals surface area (Å²) in [6.45, 7) is 5.82. The lowest BCUT2D eigenvalue weighted by molar-refractivity contribution is 0.0616. The molecule has 0 saturated carbocycles. The van der Waals surface area contributed by atoms with Crippen molar-refractivity contribution in [1.82, 2.24) is 20.4 Å². The summed E-state index contributed by atoms with van der Waals surface area (Å²) in [5, 5.41) is 21.4. The Morgan fingerprint density at radius 2 is 1.90 bits per heavy atom. The average molecular weight is 422 g/mol. The zero-order valence-electron chi connectivity index (χ0n) is 18.4. The molecular formula is C24H31N5O2. The van der Waals surface area contributed by atoms with E-state index in [9.17, 15) is 5.11 Å². The standard InChI is InChI=1S/C24H31N5O2/c1-4-25-23(27-18-24(2,30)21-15-28-29(3)16-21)26-14-20-11-8-12-22(13-20)31-17-19-9-6-5-7-10-19/h5-13,15-16,30H,4,14,17-18H2,1-3H3,(H2,25,26,27). The van der Waals surface area contributed by atoms with E-state index in [1.54, 1.807) is 17.8 Å². The quantitative estimate of drug-likeness (QED) is 0.365. The molecule has 1 atom stereocenters. The Bertz CT molecular complexity index is 982. The molecule has 1 heterocycles. The van der Waals surface area contributed by atoms with Crippen LogP contribution in [0.15, 0.2) is 72.0 Å². The van der Waals surface area contributed by atoms with Crippen molar-refractivity contribution >= 4 is 5.96 Å². The molecule has 164 valence electrons. The lowest BCUT2D eigenvalue weighted by Crippen LogP contribution is -2.44. The van der Waals surface area contributed by atoms with Gasteiger partial charge in [-0.3, -0.25) is 4.68 Å². The fourth-order valence-electron chi connectivity index (χ4n) is 3.04. The first-order valence-corrected chi connectivity index (χ1v) is 10.5. The third kappa shape index (κ3) is 6.86. The molecule has 0 aliphatic carbocycles. The first kappa shape index (κ1) is 22.4. The van der Waals surface area contributed by atoms with Crippen LogP contribution in [0.5, 0.6) is 5.75 Å². The van der Waals surface area contributed by atoms with Crippen LogP contribution in [0.2, 0.25) is 0 Å². The SMILES string of the molecule is CCNC(=NCc1cccc(OCc2ccccc2)c1)NCC(C)(O)c1cnn(C)c1. The Labute approximate surface area is 183 Å². The summed E-state index contributed by atoms with van der Waals surface area (Å²) in [4.78, 5) is 4.65. The van der Waals surface area contributed by atoms with Crippen LogP contribution in [0.25, 0.3) is 0 Å². The van der Waals surface area contributed by atoms with Crippen molar-refractivity contribution in [3.8, 4) is 5.75 Å². The van der Waals surface area contributed by atoms with Gasteiger partial charge in [0.15, 0.2) is 5.96 Å². The first-order valence-electron chi connectivity index (χ1n) is 10.5. The zero-order valence-corrected chi connectivity index (χ0v) is 18.4. The maximum atomic E-state index is 10.8. The number of guanidine groups is 1. The fourth-order valence-corrected chi connectivity index (χ4v) is 3.04. The summed E-state index contributed by atoms with van der Waals surface area (Å²) < 4.78 is 7.59. The Morgan fingerprint density at radius 3 is 2.61 bits per heavy atom. The molecule has 2 aromatic carbocycles. The second kappa shape index (κ2) is 10.6. The summed E-state index contributed by atoms with van der Waals surface area (Å²) in [7, 11) is 1.83. The number of nitrogens with zero attached hydrogens (tertiary/aromatic N) is 3. The van der Waals surface area contributed by atoms with Crippen molar-refractivity contribution in [2.75, 3.05) is 13.1 Å². The van der Waals surface area contributed by atoms with E-state index in [-0.39, 0.29) is 0 Å². The van der Waals surface area contributed by atoms with Crippen LogP contribution in [0, 0.1) is 0 Å². The van der Waals surface area contributed by atoms with Crippen LogP contribution >= 0.6 is 0 Å². The highest BCUT2D eigenvalue weighted by Gasteiger charge is 2.24. The molecule has 1 unspecified atom stereocenters. The molecule has 7 heteroatoms. The van der Waals surface area contributed by atoms with Crippen molar-refractivity contribution in [3.05, 3.63) is 83.7 Å². The normalized spacial score (nSPS) is 13.5. The smallest absolute Gasteiger partial charge is 0.191 e. The summed E-state index contributed by atoms with van der Waals surface area (Å²) in [6, 6.07) is 18.0. The van der Waals surface area contributed by atoms with Gasteiger partial charge in [-0.05, 0) is 37.1 Å². The fraction of sp³-hybridized carbons (Fsp3) is 0.333. The molecule has 1 aromatic heterocycles. The molecule has 3 rings (SSSR count). The molecule has 0 fully saturated rings. The van der Waals surface area contributed by atoms with E-state index >= 15 is 0 Å². The number of aliphatic imine (C=N–C) groups is 1. The molecule has 7 nitrogen and oxygen atoms in total.